The van der Waals surface area contributed by atoms with Gasteiger partial charge in [0.1, 0.15) is 5.00 Å². The van der Waals surface area contributed by atoms with Gasteiger partial charge < -0.3 is 14.8 Å². The lowest BCUT2D eigenvalue weighted by atomic mass is 9.88. The molecular formula is C23H24N2O7S. The summed E-state index contributed by atoms with van der Waals surface area (Å²) in [6, 6.07) is 5.75. The SMILES string of the molecule is CCOC(=O)c1c(NC(=O)COC(=O)C=Cc2cccc([N+](=O)[O-])c2)sc2c1CCC(C)C2. The highest BCUT2D eigenvalue weighted by atomic mass is 32.1. The monoisotopic (exact) mass is 472 g/mol. The first kappa shape index (κ1) is 24.1. The van der Waals surface area contributed by atoms with Crippen molar-refractivity contribution in [3.8, 4) is 0 Å². The lowest BCUT2D eigenvalue weighted by molar-refractivity contribution is -0.384. The maximum Gasteiger partial charge on any atom is 0.341 e. The van der Waals surface area contributed by atoms with Crippen LogP contribution in [-0.4, -0.2) is 36.0 Å². The number of fused-ring (bicyclic) bond motifs is 1. The first-order valence-electron chi connectivity index (χ1n) is 10.5. The maximum atomic E-state index is 12.5. The number of nitro benzene ring substituents is 1. The van der Waals surface area contributed by atoms with Gasteiger partial charge in [-0.3, -0.25) is 14.9 Å². The lowest BCUT2D eigenvalue weighted by Crippen LogP contribution is -2.21. The fraction of sp³-hybridized carbons (Fsp3) is 0.348. The van der Waals surface area contributed by atoms with Crippen molar-refractivity contribution in [2.75, 3.05) is 18.5 Å². The van der Waals surface area contributed by atoms with E-state index in [1.807, 2.05) is 0 Å². The summed E-state index contributed by atoms with van der Waals surface area (Å²) in [6.07, 6.45) is 4.98. The Morgan fingerprint density at radius 1 is 1.30 bits per heavy atom. The first-order chi connectivity index (χ1) is 15.8. The van der Waals surface area contributed by atoms with E-state index in [2.05, 4.69) is 12.2 Å². The van der Waals surface area contributed by atoms with Gasteiger partial charge in [0.25, 0.3) is 11.6 Å². The Morgan fingerprint density at radius 2 is 2.09 bits per heavy atom. The smallest absolute Gasteiger partial charge is 0.341 e. The third-order valence-electron chi connectivity index (χ3n) is 5.08. The quantitative estimate of drug-likeness (QED) is 0.265. The summed E-state index contributed by atoms with van der Waals surface area (Å²) >= 11 is 1.35. The minimum absolute atomic E-state index is 0.102. The molecule has 9 nitrogen and oxygen atoms in total. The van der Waals surface area contributed by atoms with Crippen LogP contribution >= 0.6 is 11.3 Å². The van der Waals surface area contributed by atoms with Gasteiger partial charge in [0.05, 0.1) is 17.1 Å². The Bertz CT molecular complexity index is 1110. The van der Waals surface area contributed by atoms with Crippen molar-refractivity contribution < 1.29 is 28.8 Å². The van der Waals surface area contributed by atoms with Gasteiger partial charge in [0, 0.05) is 23.1 Å². The van der Waals surface area contributed by atoms with Gasteiger partial charge in [-0.05, 0) is 49.3 Å². The molecule has 1 aliphatic carbocycles. The lowest BCUT2D eigenvalue weighted by Gasteiger charge is -2.18. The number of thiophene rings is 1. The number of hydrogen-bond donors (Lipinski definition) is 1. The van der Waals surface area contributed by atoms with Crippen molar-refractivity contribution in [1.82, 2.24) is 0 Å². The number of nitrogens with one attached hydrogen (secondary N) is 1. The third-order valence-corrected chi connectivity index (χ3v) is 6.25. The van der Waals surface area contributed by atoms with Gasteiger partial charge in [-0.15, -0.1) is 11.3 Å². The summed E-state index contributed by atoms with van der Waals surface area (Å²) in [4.78, 5) is 48.2. The normalized spacial score (nSPS) is 15.0. The Labute approximate surface area is 194 Å². The van der Waals surface area contributed by atoms with E-state index in [-0.39, 0.29) is 12.3 Å². The standard InChI is InChI=1S/C23H24N2O7S/c1-3-31-23(28)21-17-9-7-14(2)11-18(17)33-22(21)24-19(26)13-32-20(27)10-8-15-5-4-6-16(12-15)25(29)30/h4-6,8,10,12,14H,3,7,9,11,13H2,1-2H3,(H,24,26). The van der Waals surface area contributed by atoms with Crippen molar-refractivity contribution in [2.45, 2.75) is 33.1 Å². The molecule has 2 aromatic rings. The van der Waals surface area contributed by atoms with Gasteiger partial charge in [-0.25, -0.2) is 9.59 Å². The molecule has 0 saturated carbocycles. The van der Waals surface area contributed by atoms with Crippen LogP contribution in [-0.2, 0) is 31.9 Å². The summed E-state index contributed by atoms with van der Waals surface area (Å²) in [5, 5.41) is 13.9. The highest BCUT2D eigenvalue weighted by molar-refractivity contribution is 7.17. The number of nitro groups is 1. The molecule has 3 rings (SSSR count). The average Bonchev–Trinajstić information content (AvgIpc) is 3.13. The summed E-state index contributed by atoms with van der Waals surface area (Å²) in [5.74, 6) is -1.34. The number of carbonyl (C=O) groups is 3. The van der Waals surface area contributed by atoms with E-state index in [1.165, 1.54) is 35.6 Å². The molecule has 1 aliphatic rings. The topological polar surface area (TPSA) is 125 Å². The predicted molar refractivity (Wildman–Crippen MR) is 123 cm³/mol. The van der Waals surface area contributed by atoms with Crippen LogP contribution in [0.25, 0.3) is 6.08 Å². The Morgan fingerprint density at radius 3 is 2.82 bits per heavy atom. The van der Waals surface area contributed by atoms with Gasteiger partial charge in [0.15, 0.2) is 6.61 Å². The molecule has 174 valence electrons. The van der Waals surface area contributed by atoms with Crippen LogP contribution in [0, 0.1) is 16.0 Å². The van der Waals surface area contributed by atoms with E-state index >= 15 is 0 Å². The van der Waals surface area contributed by atoms with E-state index in [9.17, 15) is 24.5 Å². The van der Waals surface area contributed by atoms with Crippen LogP contribution in [0.3, 0.4) is 0 Å². The third kappa shape index (κ3) is 6.26. The maximum absolute atomic E-state index is 12.5. The van der Waals surface area contributed by atoms with Crippen molar-refractivity contribution in [3.63, 3.8) is 0 Å². The number of amides is 1. The molecular weight excluding hydrogens is 448 g/mol. The Kier molecular flexibility index (Phi) is 7.94. The summed E-state index contributed by atoms with van der Waals surface area (Å²) in [7, 11) is 0. The number of esters is 2. The molecule has 1 atom stereocenters. The molecule has 1 aromatic carbocycles. The van der Waals surface area contributed by atoms with Crippen molar-refractivity contribution in [3.05, 3.63) is 62.0 Å². The molecule has 0 spiro atoms. The number of rotatable bonds is 8. The number of ether oxygens (including phenoxy) is 2. The van der Waals surface area contributed by atoms with Crippen molar-refractivity contribution in [2.24, 2.45) is 5.92 Å². The molecule has 1 N–H and O–H groups in total. The molecule has 1 amide bonds. The second-order valence-electron chi connectivity index (χ2n) is 7.62. The number of nitrogens with zero attached hydrogens (tertiary/aromatic N) is 1. The largest absolute Gasteiger partial charge is 0.462 e. The van der Waals surface area contributed by atoms with Crippen LogP contribution in [0.2, 0.25) is 0 Å². The zero-order chi connectivity index (χ0) is 24.0. The number of hydrogen-bond acceptors (Lipinski definition) is 8. The molecule has 33 heavy (non-hydrogen) atoms. The second kappa shape index (κ2) is 10.9. The van der Waals surface area contributed by atoms with Gasteiger partial charge in [-0.1, -0.05) is 19.1 Å². The molecule has 1 aromatic heterocycles. The Hall–Kier alpha value is -3.53. The highest BCUT2D eigenvalue weighted by Gasteiger charge is 2.29. The van der Waals surface area contributed by atoms with Crippen molar-refractivity contribution >= 4 is 45.9 Å². The minimum atomic E-state index is -0.776. The van der Waals surface area contributed by atoms with E-state index < -0.39 is 29.4 Å². The van der Waals surface area contributed by atoms with E-state index in [0.29, 0.717) is 22.0 Å². The average molecular weight is 473 g/mol. The summed E-state index contributed by atoms with van der Waals surface area (Å²) in [5.41, 5.74) is 1.65. The minimum Gasteiger partial charge on any atom is -0.462 e. The van der Waals surface area contributed by atoms with Crippen LogP contribution in [0.4, 0.5) is 10.7 Å². The van der Waals surface area contributed by atoms with Crippen molar-refractivity contribution in [1.29, 1.82) is 0 Å². The van der Waals surface area contributed by atoms with E-state index in [1.54, 1.807) is 13.0 Å². The molecule has 0 fully saturated rings. The van der Waals surface area contributed by atoms with E-state index in [0.717, 1.165) is 35.8 Å². The van der Waals surface area contributed by atoms with Gasteiger partial charge >= 0.3 is 11.9 Å². The fourth-order valence-electron chi connectivity index (χ4n) is 3.51. The van der Waals surface area contributed by atoms with Crippen LogP contribution in [0.1, 0.15) is 46.6 Å². The number of carbonyl (C=O) groups excluding carboxylic acids is 3. The van der Waals surface area contributed by atoms with Crippen LogP contribution in [0.15, 0.2) is 30.3 Å². The van der Waals surface area contributed by atoms with Crippen LogP contribution in [0.5, 0.6) is 0 Å². The van der Waals surface area contributed by atoms with Crippen LogP contribution < -0.4 is 5.32 Å². The number of anilines is 1. The summed E-state index contributed by atoms with van der Waals surface area (Å²) < 4.78 is 10.1. The fourth-order valence-corrected chi connectivity index (χ4v) is 4.93. The Balaban J connectivity index is 1.62. The molecule has 10 heteroatoms. The molecule has 1 heterocycles. The predicted octanol–water partition coefficient (Wildman–Crippen LogP) is 4.15. The number of non-ortho nitro benzene ring substituents is 1. The highest BCUT2D eigenvalue weighted by Crippen LogP contribution is 2.40. The number of benzene rings is 1. The zero-order valence-electron chi connectivity index (χ0n) is 18.3. The molecule has 0 aliphatic heterocycles. The van der Waals surface area contributed by atoms with Gasteiger partial charge in [-0.2, -0.15) is 0 Å². The summed E-state index contributed by atoms with van der Waals surface area (Å²) in [6.45, 7) is 3.55. The molecule has 0 radical (unpaired) electrons. The molecule has 0 saturated heterocycles. The first-order valence-corrected chi connectivity index (χ1v) is 11.3. The molecule has 1 unspecified atom stereocenters. The van der Waals surface area contributed by atoms with E-state index in [4.69, 9.17) is 9.47 Å². The van der Waals surface area contributed by atoms with Gasteiger partial charge in [0.2, 0.25) is 0 Å². The molecule has 0 bridgehead atoms. The zero-order valence-corrected chi connectivity index (χ0v) is 19.1. The second-order valence-corrected chi connectivity index (χ2v) is 8.72.